The molecule has 14 heavy (non-hydrogen) atoms. The summed E-state index contributed by atoms with van der Waals surface area (Å²) in [5.74, 6) is -0.301. The predicted octanol–water partition coefficient (Wildman–Crippen LogP) is 3.29. The van der Waals surface area contributed by atoms with Crippen LogP contribution in [0.15, 0.2) is 36.5 Å². The molecule has 1 radical (unpaired) electrons. The van der Waals surface area contributed by atoms with Gasteiger partial charge in [-0.05, 0) is 40.8 Å². The van der Waals surface area contributed by atoms with Crippen molar-refractivity contribution in [3.05, 3.63) is 52.0 Å². The van der Waals surface area contributed by atoms with Gasteiger partial charge in [0, 0.05) is 15.3 Å². The highest BCUT2D eigenvalue weighted by molar-refractivity contribution is 14.1. The van der Waals surface area contributed by atoms with E-state index in [0.29, 0.717) is 5.69 Å². The van der Waals surface area contributed by atoms with Crippen molar-refractivity contribution in [2.24, 2.45) is 0 Å². The van der Waals surface area contributed by atoms with Crippen LogP contribution in [0.2, 0.25) is 0 Å². The SMILES string of the molecule is Fc1cccnc1-c1ccc[c]c1I. The largest absolute Gasteiger partial charge is 0.253 e. The molecule has 69 valence electrons. The summed E-state index contributed by atoms with van der Waals surface area (Å²) >= 11 is 2.12. The number of pyridine rings is 1. The van der Waals surface area contributed by atoms with Crippen LogP contribution >= 0.6 is 22.6 Å². The Morgan fingerprint density at radius 2 is 2.14 bits per heavy atom. The lowest BCUT2D eigenvalue weighted by atomic mass is 10.1. The number of aromatic nitrogens is 1. The molecule has 0 saturated heterocycles. The zero-order valence-corrected chi connectivity index (χ0v) is 9.32. The maximum absolute atomic E-state index is 13.4. The molecule has 0 amide bonds. The third kappa shape index (κ3) is 1.77. The van der Waals surface area contributed by atoms with Gasteiger partial charge in [-0.1, -0.05) is 18.2 Å². The first-order chi connectivity index (χ1) is 6.79. The molecule has 0 fully saturated rings. The fourth-order valence-electron chi connectivity index (χ4n) is 1.18. The highest BCUT2D eigenvalue weighted by Crippen LogP contribution is 2.24. The van der Waals surface area contributed by atoms with Gasteiger partial charge in [0.1, 0.15) is 11.5 Å². The summed E-state index contributed by atoms with van der Waals surface area (Å²) in [6.45, 7) is 0. The molecule has 3 heteroatoms. The van der Waals surface area contributed by atoms with Gasteiger partial charge < -0.3 is 0 Å². The first-order valence-corrected chi connectivity index (χ1v) is 5.14. The molecule has 2 aromatic rings. The Balaban J connectivity index is 2.61. The first kappa shape index (κ1) is 9.58. The minimum atomic E-state index is -0.301. The van der Waals surface area contributed by atoms with Crippen LogP contribution in [0.1, 0.15) is 0 Å². The van der Waals surface area contributed by atoms with Crippen LogP contribution in [-0.4, -0.2) is 4.98 Å². The number of halogens is 2. The lowest BCUT2D eigenvalue weighted by Gasteiger charge is -2.03. The molecule has 0 N–H and O–H groups in total. The van der Waals surface area contributed by atoms with Gasteiger partial charge >= 0.3 is 0 Å². The maximum Gasteiger partial charge on any atom is 0.149 e. The smallest absolute Gasteiger partial charge is 0.149 e. The third-order valence-electron chi connectivity index (χ3n) is 1.82. The number of nitrogens with zero attached hydrogens (tertiary/aromatic N) is 1. The van der Waals surface area contributed by atoms with Gasteiger partial charge in [-0.3, -0.25) is 4.98 Å². The van der Waals surface area contributed by atoms with E-state index in [-0.39, 0.29) is 5.82 Å². The van der Waals surface area contributed by atoms with Gasteiger partial charge in [-0.15, -0.1) is 0 Å². The Bertz CT molecular complexity index is 413. The van der Waals surface area contributed by atoms with Crippen LogP contribution < -0.4 is 0 Å². The highest BCUT2D eigenvalue weighted by Gasteiger charge is 2.07. The number of benzene rings is 1. The lowest BCUT2D eigenvalue weighted by Crippen LogP contribution is -1.90. The standard InChI is InChI=1S/C11H6FIN/c12-9-5-3-7-14-11(9)8-4-1-2-6-10(8)13/h1-5,7H. The number of hydrogen-bond donors (Lipinski definition) is 0. The molecule has 1 aromatic carbocycles. The minimum absolute atomic E-state index is 0.301. The van der Waals surface area contributed by atoms with Crippen LogP contribution in [0.3, 0.4) is 0 Å². The van der Waals surface area contributed by atoms with E-state index in [2.05, 4.69) is 33.6 Å². The fourth-order valence-corrected chi connectivity index (χ4v) is 1.80. The molecule has 0 atom stereocenters. The van der Waals surface area contributed by atoms with Gasteiger partial charge in [0.15, 0.2) is 0 Å². The summed E-state index contributed by atoms with van der Waals surface area (Å²) in [6.07, 6.45) is 1.58. The first-order valence-electron chi connectivity index (χ1n) is 4.06. The number of rotatable bonds is 1. The zero-order chi connectivity index (χ0) is 9.97. The molecule has 0 aliphatic carbocycles. The van der Waals surface area contributed by atoms with Crippen LogP contribution in [0.25, 0.3) is 11.3 Å². The zero-order valence-electron chi connectivity index (χ0n) is 7.17. The Kier molecular flexibility index (Phi) is 2.77. The van der Waals surface area contributed by atoms with Crippen molar-refractivity contribution in [2.45, 2.75) is 0 Å². The fraction of sp³-hybridized carbons (Fsp3) is 0. The molecule has 1 heterocycles. The van der Waals surface area contributed by atoms with Crippen LogP contribution in [0.5, 0.6) is 0 Å². The van der Waals surface area contributed by atoms with Crippen LogP contribution in [0, 0.1) is 15.5 Å². The van der Waals surface area contributed by atoms with Crippen molar-refractivity contribution in [3.63, 3.8) is 0 Å². The van der Waals surface area contributed by atoms with E-state index in [0.717, 1.165) is 9.13 Å². The molecular weight excluding hydrogens is 292 g/mol. The van der Waals surface area contributed by atoms with E-state index in [4.69, 9.17) is 0 Å². The van der Waals surface area contributed by atoms with E-state index in [9.17, 15) is 4.39 Å². The molecule has 0 aliphatic heterocycles. The summed E-state index contributed by atoms with van der Waals surface area (Å²) < 4.78 is 14.3. The molecule has 2 rings (SSSR count). The average molecular weight is 298 g/mol. The van der Waals surface area contributed by atoms with E-state index < -0.39 is 0 Å². The highest BCUT2D eigenvalue weighted by atomic mass is 127. The van der Waals surface area contributed by atoms with E-state index in [1.54, 1.807) is 18.3 Å². The van der Waals surface area contributed by atoms with Crippen LogP contribution in [0.4, 0.5) is 4.39 Å². The Morgan fingerprint density at radius 1 is 1.29 bits per heavy atom. The van der Waals surface area contributed by atoms with Crippen molar-refractivity contribution < 1.29 is 4.39 Å². The van der Waals surface area contributed by atoms with E-state index in [1.165, 1.54) is 6.07 Å². The normalized spacial score (nSPS) is 10.1. The Labute approximate surface area is 95.1 Å². The molecule has 0 bridgehead atoms. The summed E-state index contributed by atoms with van der Waals surface area (Å²) in [5, 5.41) is 0. The van der Waals surface area contributed by atoms with Crippen molar-refractivity contribution in [1.29, 1.82) is 0 Å². The van der Waals surface area contributed by atoms with Gasteiger partial charge in [0.2, 0.25) is 0 Å². The lowest BCUT2D eigenvalue weighted by molar-refractivity contribution is 0.625. The summed E-state index contributed by atoms with van der Waals surface area (Å²) in [6, 6.07) is 11.5. The second-order valence-corrected chi connectivity index (χ2v) is 3.81. The average Bonchev–Trinajstić information content (AvgIpc) is 2.20. The van der Waals surface area contributed by atoms with Crippen LogP contribution in [-0.2, 0) is 0 Å². The molecule has 0 aliphatic rings. The molecule has 0 spiro atoms. The summed E-state index contributed by atoms with van der Waals surface area (Å²) in [7, 11) is 0. The van der Waals surface area contributed by atoms with E-state index in [1.807, 2.05) is 12.1 Å². The van der Waals surface area contributed by atoms with E-state index >= 15 is 0 Å². The second kappa shape index (κ2) is 4.04. The topological polar surface area (TPSA) is 12.9 Å². The van der Waals surface area contributed by atoms with Gasteiger partial charge in [0.05, 0.1) is 0 Å². The monoisotopic (exact) mass is 298 g/mol. The molecular formula is C11H6FIN. The molecule has 0 saturated carbocycles. The molecule has 1 aromatic heterocycles. The Morgan fingerprint density at radius 3 is 2.86 bits per heavy atom. The van der Waals surface area contributed by atoms with Gasteiger partial charge in [-0.25, -0.2) is 4.39 Å². The second-order valence-electron chi connectivity index (χ2n) is 2.73. The predicted molar refractivity (Wildman–Crippen MR) is 61.2 cm³/mol. The third-order valence-corrected chi connectivity index (χ3v) is 2.71. The summed E-state index contributed by atoms with van der Waals surface area (Å²) in [5.41, 5.74) is 1.17. The quantitative estimate of drug-likeness (QED) is 0.736. The number of hydrogen-bond acceptors (Lipinski definition) is 1. The van der Waals surface area contributed by atoms with Crippen molar-refractivity contribution >= 4 is 22.6 Å². The minimum Gasteiger partial charge on any atom is -0.253 e. The van der Waals surface area contributed by atoms with Crippen molar-refractivity contribution in [3.8, 4) is 11.3 Å². The van der Waals surface area contributed by atoms with Gasteiger partial charge in [-0.2, -0.15) is 0 Å². The Hall–Kier alpha value is -0.970. The van der Waals surface area contributed by atoms with Crippen molar-refractivity contribution in [2.75, 3.05) is 0 Å². The summed E-state index contributed by atoms with van der Waals surface area (Å²) in [4.78, 5) is 4.01. The van der Waals surface area contributed by atoms with Gasteiger partial charge in [0.25, 0.3) is 0 Å². The molecule has 0 unspecified atom stereocenters. The molecule has 1 nitrogen and oxygen atoms in total. The maximum atomic E-state index is 13.4. The van der Waals surface area contributed by atoms with Crippen molar-refractivity contribution in [1.82, 2.24) is 4.98 Å².